The van der Waals surface area contributed by atoms with E-state index in [1.54, 1.807) is 12.3 Å². The number of benzene rings is 1. The van der Waals surface area contributed by atoms with E-state index in [-0.39, 0.29) is 24.0 Å². The molecule has 0 unspecified atom stereocenters. The van der Waals surface area contributed by atoms with Crippen LogP contribution in [-0.4, -0.2) is 51.5 Å². The molecule has 26 heavy (non-hydrogen) atoms. The van der Waals surface area contributed by atoms with Gasteiger partial charge in [0.1, 0.15) is 6.10 Å². The molecule has 2 amide bonds. The summed E-state index contributed by atoms with van der Waals surface area (Å²) in [6.07, 6.45) is 2.66. The molecule has 3 saturated heterocycles. The summed E-state index contributed by atoms with van der Waals surface area (Å²) in [7, 11) is 0. The molecule has 0 bridgehead atoms. The number of aromatic amines is 1. The molecule has 3 fully saturated rings. The van der Waals surface area contributed by atoms with E-state index in [1.165, 1.54) is 0 Å². The minimum atomic E-state index is -0.669. The molecular formula is C20H21N3O3. The van der Waals surface area contributed by atoms with Crippen molar-refractivity contribution in [2.24, 2.45) is 0 Å². The van der Waals surface area contributed by atoms with E-state index < -0.39 is 5.72 Å². The Labute approximate surface area is 151 Å². The molecule has 2 aromatic rings. The number of carbonyl (C=O) groups excluding carboxylic acids is 2. The van der Waals surface area contributed by atoms with E-state index >= 15 is 0 Å². The lowest BCUT2D eigenvalue weighted by atomic mass is 10.1. The van der Waals surface area contributed by atoms with Crippen LogP contribution in [-0.2, 0) is 9.53 Å². The van der Waals surface area contributed by atoms with Gasteiger partial charge in [-0.3, -0.25) is 9.59 Å². The minimum absolute atomic E-state index is 0.0213. The SMILES string of the molecule is Cc1[nH]ccc1C(=O)N1CC[C@@]23O[C@@H](c4ccccc4)CN2C(=O)C[C@@H]13. The summed E-state index contributed by atoms with van der Waals surface area (Å²) in [5, 5.41) is 0. The molecule has 6 nitrogen and oxygen atoms in total. The van der Waals surface area contributed by atoms with Crippen LogP contribution in [0.25, 0.3) is 0 Å². The lowest BCUT2D eigenvalue weighted by Gasteiger charge is -2.32. The van der Waals surface area contributed by atoms with Crippen LogP contribution in [0, 0.1) is 6.92 Å². The van der Waals surface area contributed by atoms with Gasteiger partial charge < -0.3 is 19.5 Å². The van der Waals surface area contributed by atoms with E-state index in [0.29, 0.717) is 31.5 Å². The first-order chi connectivity index (χ1) is 12.6. The lowest BCUT2D eigenvalue weighted by Crippen LogP contribution is -2.48. The topological polar surface area (TPSA) is 65.6 Å². The first-order valence-electron chi connectivity index (χ1n) is 9.08. The summed E-state index contributed by atoms with van der Waals surface area (Å²) in [4.78, 5) is 32.5. The van der Waals surface area contributed by atoms with E-state index in [4.69, 9.17) is 4.74 Å². The fourth-order valence-electron chi connectivity index (χ4n) is 4.75. The molecule has 4 heterocycles. The van der Waals surface area contributed by atoms with Crippen molar-refractivity contribution in [3.8, 4) is 0 Å². The number of H-pyrrole nitrogens is 1. The third-order valence-corrected chi connectivity index (χ3v) is 6.04. The number of amides is 2. The van der Waals surface area contributed by atoms with Crippen LogP contribution in [0.5, 0.6) is 0 Å². The highest BCUT2D eigenvalue weighted by atomic mass is 16.5. The van der Waals surface area contributed by atoms with Gasteiger partial charge in [-0.2, -0.15) is 0 Å². The average molecular weight is 351 g/mol. The molecule has 5 rings (SSSR count). The van der Waals surface area contributed by atoms with Gasteiger partial charge in [0, 0.05) is 24.9 Å². The van der Waals surface area contributed by atoms with Gasteiger partial charge in [0.05, 0.1) is 24.6 Å². The second-order valence-corrected chi connectivity index (χ2v) is 7.35. The summed E-state index contributed by atoms with van der Waals surface area (Å²) < 4.78 is 6.48. The lowest BCUT2D eigenvalue weighted by molar-refractivity contribution is -0.138. The number of hydrogen-bond donors (Lipinski definition) is 1. The van der Waals surface area contributed by atoms with Gasteiger partial charge in [0.2, 0.25) is 5.91 Å². The van der Waals surface area contributed by atoms with Crippen molar-refractivity contribution in [3.05, 3.63) is 59.4 Å². The van der Waals surface area contributed by atoms with Crippen molar-refractivity contribution in [3.63, 3.8) is 0 Å². The number of hydrogen-bond acceptors (Lipinski definition) is 3. The van der Waals surface area contributed by atoms with Crippen molar-refractivity contribution >= 4 is 11.8 Å². The number of likely N-dealkylation sites (tertiary alicyclic amines) is 1. The van der Waals surface area contributed by atoms with Crippen molar-refractivity contribution < 1.29 is 14.3 Å². The smallest absolute Gasteiger partial charge is 0.256 e. The molecule has 134 valence electrons. The second kappa shape index (κ2) is 5.45. The van der Waals surface area contributed by atoms with Gasteiger partial charge in [-0.05, 0) is 18.6 Å². The predicted molar refractivity (Wildman–Crippen MR) is 94.3 cm³/mol. The zero-order chi connectivity index (χ0) is 17.9. The van der Waals surface area contributed by atoms with Crippen molar-refractivity contribution in [2.45, 2.75) is 37.6 Å². The van der Waals surface area contributed by atoms with Crippen molar-refractivity contribution in [1.29, 1.82) is 0 Å². The van der Waals surface area contributed by atoms with E-state index in [9.17, 15) is 9.59 Å². The highest BCUT2D eigenvalue weighted by molar-refractivity contribution is 5.97. The standard InChI is InChI=1S/C20H21N3O3/c1-13-15(7-9-21-13)19(25)22-10-8-20-17(22)11-18(24)23(20)12-16(26-20)14-5-3-2-4-6-14/h2-7,9,16-17,21H,8,10-12H2,1H3/t16-,17-,20+/m1/s1. The fourth-order valence-corrected chi connectivity index (χ4v) is 4.75. The van der Waals surface area contributed by atoms with Crippen LogP contribution in [0.2, 0.25) is 0 Å². The second-order valence-electron chi connectivity index (χ2n) is 7.35. The summed E-state index contributed by atoms with van der Waals surface area (Å²) in [5.41, 5.74) is 1.93. The minimum Gasteiger partial charge on any atom is -0.365 e. The normalized spacial score (nSPS) is 30.0. The Bertz CT molecular complexity index is 877. The largest absolute Gasteiger partial charge is 0.365 e. The number of aromatic nitrogens is 1. The molecule has 6 heteroatoms. The number of nitrogens with zero attached hydrogens (tertiary/aromatic N) is 2. The van der Waals surface area contributed by atoms with E-state index in [2.05, 4.69) is 4.98 Å². The van der Waals surface area contributed by atoms with Gasteiger partial charge >= 0.3 is 0 Å². The Balaban J connectivity index is 1.46. The molecule has 3 atom stereocenters. The Morgan fingerprint density at radius 1 is 1.27 bits per heavy atom. The third kappa shape index (κ3) is 2.02. The highest BCUT2D eigenvalue weighted by Crippen LogP contribution is 2.50. The van der Waals surface area contributed by atoms with Crippen LogP contribution in [0.3, 0.4) is 0 Å². The predicted octanol–water partition coefficient (Wildman–Crippen LogP) is 2.24. The number of carbonyl (C=O) groups is 2. The van der Waals surface area contributed by atoms with Crippen molar-refractivity contribution in [1.82, 2.24) is 14.8 Å². The summed E-state index contributed by atoms with van der Waals surface area (Å²) in [6, 6.07) is 11.6. The average Bonchev–Trinajstić information content (AvgIpc) is 3.37. The maximum absolute atomic E-state index is 13.0. The molecule has 1 spiro atoms. The van der Waals surface area contributed by atoms with Crippen LogP contribution >= 0.6 is 0 Å². The molecule has 3 aliphatic heterocycles. The van der Waals surface area contributed by atoms with Crippen LogP contribution < -0.4 is 0 Å². The number of aryl methyl sites for hydroxylation is 1. The van der Waals surface area contributed by atoms with Gasteiger partial charge in [-0.1, -0.05) is 30.3 Å². The zero-order valence-corrected chi connectivity index (χ0v) is 14.6. The summed E-state index contributed by atoms with van der Waals surface area (Å²) >= 11 is 0. The quantitative estimate of drug-likeness (QED) is 0.902. The molecule has 0 saturated carbocycles. The first kappa shape index (κ1) is 15.6. The molecule has 0 radical (unpaired) electrons. The van der Waals surface area contributed by atoms with Crippen LogP contribution in [0.4, 0.5) is 0 Å². The molecule has 1 aromatic heterocycles. The molecular weight excluding hydrogens is 330 g/mol. The Kier molecular flexibility index (Phi) is 3.28. The number of rotatable bonds is 2. The maximum Gasteiger partial charge on any atom is 0.256 e. The Hall–Kier alpha value is -2.60. The van der Waals surface area contributed by atoms with Gasteiger partial charge in [0.15, 0.2) is 5.72 Å². The Morgan fingerprint density at radius 3 is 2.81 bits per heavy atom. The first-order valence-corrected chi connectivity index (χ1v) is 9.08. The summed E-state index contributed by atoms with van der Waals surface area (Å²) in [6.45, 7) is 3.06. The fraction of sp³-hybridized carbons (Fsp3) is 0.400. The molecule has 1 aromatic carbocycles. The number of nitrogens with one attached hydrogen (secondary N) is 1. The van der Waals surface area contributed by atoms with Gasteiger partial charge in [-0.15, -0.1) is 0 Å². The molecule has 3 aliphatic rings. The van der Waals surface area contributed by atoms with Gasteiger partial charge in [0.25, 0.3) is 5.91 Å². The number of ether oxygens (including phenoxy) is 1. The third-order valence-electron chi connectivity index (χ3n) is 6.04. The monoisotopic (exact) mass is 351 g/mol. The Morgan fingerprint density at radius 2 is 2.08 bits per heavy atom. The zero-order valence-electron chi connectivity index (χ0n) is 14.6. The summed E-state index contributed by atoms with van der Waals surface area (Å²) in [5.74, 6) is 0.0590. The van der Waals surface area contributed by atoms with E-state index in [0.717, 1.165) is 11.3 Å². The highest BCUT2D eigenvalue weighted by Gasteiger charge is 2.65. The maximum atomic E-state index is 13.0. The van der Waals surface area contributed by atoms with E-state index in [1.807, 2.05) is 47.1 Å². The van der Waals surface area contributed by atoms with Crippen LogP contribution in [0.1, 0.15) is 40.6 Å². The van der Waals surface area contributed by atoms with Crippen molar-refractivity contribution in [2.75, 3.05) is 13.1 Å². The molecule has 1 N–H and O–H groups in total. The van der Waals surface area contributed by atoms with Crippen LogP contribution in [0.15, 0.2) is 42.6 Å². The van der Waals surface area contributed by atoms with Gasteiger partial charge in [-0.25, -0.2) is 0 Å². The molecule has 0 aliphatic carbocycles.